The molecule has 10 heteroatoms. The fourth-order valence-electron chi connectivity index (χ4n) is 3.40. The van der Waals surface area contributed by atoms with E-state index in [1.165, 1.54) is 0 Å². The zero-order valence-electron chi connectivity index (χ0n) is 19.3. The molecule has 0 aliphatic rings. The summed E-state index contributed by atoms with van der Waals surface area (Å²) in [5.74, 6) is 0.568. The number of aliphatic hydroxyl groups is 1. The number of hydrogen-bond acceptors (Lipinski definition) is 8. The Morgan fingerprint density at radius 1 is 1.35 bits per heavy atom. The lowest BCUT2D eigenvalue weighted by Gasteiger charge is -2.23. The predicted molar refractivity (Wildman–Crippen MR) is 134 cm³/mol. The molecule has 34 heavy (non-hydrogen) atoms. The van der Waals surface area contributed by atoms with E-state index in [0.717, 1.165) is 11.3 Å². The Kier molecular flexibility index (Phi) is 8.84. The summed E-state index contributed by atoms with van der Waals surface area (Å²) in [6.45, 7) is 10.1. The van der Waals surface area contributed by atoms with Crippen LogP contribution in [0, 0.1) is 6.92 Å². The number of benzene rings is 1. The minimum atomic E-state index is -0.785. The van der Waals surface area contributed by atoms with Crippen molar-refractivity contribution in [2.75, 3.05) is 19.7 Å². The molecule has 0 bridgehead atoms. The highest BCUT2D eigenvalue weighted by atomic mass is 35.5. The second-order valence-electron chi connectivity index (χ2n) is 8.10. The lowest BCUT2D eigenvalue weighted by atomic mass is 10.2. The molecular formula is C24H28ClN3O5S. The zero-order chi connectivity index (χ0) is 24.8. The molecule has 0 aliphatic carbocycles. The Balaban J connectivity index is 1.72. The van der Waals surface area contributed by atoms with E-state index in [-0.39, 0.29) is 31.4 Å². The number of ether oxygens (including phenoxy) is 2. The van der Waals surface area contributed by atoms with Crippen molar-refractivity contribution in [1.29, 1.82) is 0 Å². The van der Waals surface area contributed by atoms with Gasteiger partial charge in [0.05, 0.1) is 18.0 Å². The number of aryl methyl sites for hydroxylation is 1. The summed E-state index contributed by atoms with van der Waals surface area (Å²) in [4.78, 5) is 35.2. The maximum atomic E-state index is 12.8. The van der Waals surface area contributed by atoms with Crippen LogP contribution >= 0.6 is 22.9 Å². The topological polar surface area (TPSA) is 105 Å². The van der Waals surface area contributed by atoms with Crippen molar-refractivity contribution in [1.82, 2.24) is 14.9 Å². The first-order chi connectivity index (χ1) is 16.2. The van der Waals surface area contributed by atoms with E-state index in [2.05, 4.69) is 16.5 Å². The van der Waals surface area contributed by atoms with Gasteiger partial charge in [-0.05, 0) is 50.6 Å². The summed E-state index contributed by atoms with van der Waals surface area (Å²) >= 11 is 7.01. The van der Waals surface area contributed by atoms with Crippen LogP contribution in [0.5, 0.6) is 5.75 Å². The van der Waals surface area contributed by atoms with Crippen LogP contribution in [0.4, 0.5) is 0 Å². The molecule has 0 saturated carbocycles. The van der Waals surface area contributed by atoms with Gasteiger partial charge >= 0.3 is 5.97 Å². The second kappa shape index (κ2) is 11.6. The summed E-state index contributed by atoms with van der Waals surface area (Å²) in [5.41, 5.74) is 0.242. The fraction of sp³-hybridized carbons (Fsp3) is 0.375. The Hall–Kier alpha value is -2.72. The summed E-state index contributed by atoms with van der Waals surface area (Å²) in [7, 11) is 0. The molecule has 0 aliphatic heterocycles. The quantitative estimate of drug-likeness (QED) is 0.300. The van der Waals surface area contributed by atoms with Gasteiger partial charge in [0.25, 0.3) is 5.56 Å². The molecule has 0 radical (unpaired) electrons. The van der Waals surface area contributed by atoms with Crippen molar-refractivity contribution in [3.05, 3.63) is 68.6 Å². The average molecular weight is 506 g/mol. The van der Waals surface area contributed by atoms with Crippen molar-refractivity contribution < 1.29 is 19.4 Å². The predicted octanol–water partition coefficient (Wildman–Crippen LogP) is 3.94. The minimum absolute atomic E-state index is 0.0870. The molecule has 2 aromatic heterocycles. The molecule has 3 aromatic rings. The Morgan fingerprint density at radius 2 is 2.06 bits per heavy atom. The van der Waals surface area contributed by atoms with Crippen molar-refractivity contribution in [3.8, 4) is 5.75 Å². The van der Waals surface area contributed by atoms with Crippen molar-refractivity contribution in [2.45, 2.75) is 39.5 Å². The molecule has 2 heterocycles. The van der Waals surface area contributed by atoms with E-state index in [4.69, 9.17) is 21.1 Å². The molecule has 8 nitrogen and oxygen atoms in total. The van der Waals surface area contributed by atoms with Gasteiger partial charge in [-0.15, -0.1) is 17.9 Å². The number of rotatable bonds is 11. The Labute approximate surface area is 206 Å². The lowest BCUT2D eigenvalue weighted by molar-refractivity contribution is 0.0383. The first kappa shape index (κ1) is 25.9. The maximum absolute atomic E-state index is 12.8. The molecule has 0 amide bonds. The third-order valence-electron chi connectivity index (χ3n) is 4.86. The van der Waals surface area contributed by atoms with Crippen LogP contribution in [0.3, 0.4) is 0 Å². The van der Waals surface area contributed by atoms with Crippen LogP contribution in [0.2, 0.25) is 5.02 Å². The number of H-pyrrole nitrogens is 1. The van der Waals surface area contributed by atoms with Crippen molar-refractivity contribution >= 4 is 39.1 Å². The first-order valence-electron chi connectivity index (χ1n) is 10.8. The molecule has 1 atom stereocenters. The average Bonchev–Trinajstić information content (AvgIpc) is 3.10. The number of fused-ring (bicyclic) bond motifs is 1. The smallest absolute Gasteiger partial charge is 0.348 e. The normalized spacial score (nSPS) is 12.3. The number of carbonyl (C=O) groups is 1. The van der Waals surface area contributed by atoms with Gasteiger partial charge in [0.15, 0.2) is 0 Å². The maximum Gasteiger partial charge on any atom is 0.348 e. The number of halogens is 1. The molecular weight excluding hydrogens is 478 g/mol. The van der Waals surface area contributed by atoms with Gasteiger partial charge in [0, 0.05) is 18.1 Å². The summed E-state index contributed by atoms with van der Waals surface area (Å²) < 4.78 is 10.9. The first-order valence-corrected chi connectivity index (χ1v) is 12.0. The number of thiophene rings is 1. The van der Waals surface area contributed by atoms with E-state index < -0.39 is 12.1 Å². The molecule has 0 saturated heterocycles. The highest BCUT2D eigenvalue weighted by Crippen LogP contribution is 2.28. The van der Waals surface area contributed by atoms with E-state index >= 15 is 0 Å². The monoisotopic (exact) mass is 505 g/mol. The largest absolute Gasteiger partial charge is 0.491 e. The van der Waals surface area contributed by atoms with E-state index in [1.54, 1.807) is 51.1 Å². The second-order valence-corrected chi connectivity index (χ2v) is 9.54. The lowest BCUT2D eigenvalue weighted by Crippen LogP contribution is -2.36. The molecule has 182 valence electrons. The van der Waals surface area contributed by atoms with Gasteiger partial charge in [-0.25, -0.2) is 9.78 Å². The van der Waals surface area contributed by atoms with Gasteiger partial charge in [0.1, 0.15) is 34.0 Å². The van der Waals surface area contributed by atoms with Crippen LogP contribution in [0.15, 0.2) is 41.7 Å². The number of nitrogens with one attached hydrogen (secondary N) is 1. The van der Waals surface area contributed by atoms with Gasteiger partial charge in [-0.1, -0.05) is 17.7 Å². The molecule has 1 unspecified atom stereocenters. The zero-order valence-corrected chi connectivity index (χ0v) is 20.9. The number of aromatic nitrogens is 2. The third-order valence-corrected chi connectivity index (χ3v) is 6.28. The number of aliphatic hydroxyl groups excluding tert-OH is 1. The molecule has 3 rings (SSSR count). The molecule has 0 spiro atoms. The molecule has 0 fully saturated rings. The van der Waals surface area contributed by atoms with Gasteiger partial charge < -0.3 is 19.6 Å². The Morgan fingerprint density at radius 3 is 2.71 bits per heavy atom. The molecule has 1 aromatic carbocycles. The van der Waals surface area contributed by atoms with E-state index in [0.29, 0.717) is 43.8 Å². The SMILES string of the molecule is C=CCN(Cc1nc2sc(C(=O)OC(C)C)c(C)c2c(=O)[nH]1)CC(O)COc1ccc(Cl)cc1. The van der Waals surface area contributed by atoms with E-state index in [9.17, 15) is 14.7 Å². The van der Waals surface area contributed by atoms with Crippen LogP contribution in [-0.4, -0.2) is 57.8 Å². The highest BCUT2D eigenvalue weighted by molar-refractivity contribution is 7.20. The number of hydrogen-bond donors (Lipinski definition) is 2. The fourth-order valence-corrected chi connectivity index (χ4v) is 4.61. The Bertz CT molecular complexity index is 1210. The van der Waals surface area contributed by atoms with Crippen LogP contribution in [0.1, 0.15) is 34.9 Å². The van der Waals surface area contributed by atoms with Crippen molar-refractivity contribution in [2.24, 2.45) is 0 Å². The number of esters is 1. The van der Waals surface area contributed by atoms with E-state index in [1.807, 2.05) is 4.90 Å². The third kappa shape index (κ3) is 6.66. The van der Waals surface area contributed by atoms with Gasteiger partial charge in [-0.3, -0.25) is 9.69 Å². The van der Waals surface area contributed by atoms with Gasteiger partial charge in [-0.2, -0.15) is 0 Å². The van der Waals surface area contributed by atoms with Crippen LogP contribution in [0.25, 0.3) is 10.2 Å². The highest BCUT2D eigenvalue weighted by Gasteiger charge is 2.22. The number of nitrogens with zero attached hydrogens (tertiary/aromatic N) is 2. The summed E-state index contributed by atoms with van der Waals surface area (Å²) in [5, 5.41) is 11.5. The minimum Gasteiger partial charge on any atom is -0.491 e. The summed E-state index contributed by atoms with van der Waals surface area (Å²) in [6, 6.07) is 6.89. The standard InChI is InChI=1S/C24H28ClN3O5S/c1-5-10-28(11-17(29)13-32-18-8-6-16(25)7-9-18)12-19-26-22(30)20-15(4)21(34-23(20)27-19)24(31)33-14(2)3/h5-9,14,17,29H,1,10-13H2,2-4H3,(H,26,27,30). The summed E-state index contributed by atoms with van der Waals surface area (Å²) in [6.07, 6.45) is 0.660. The van der Waals surface area contributed by atoms with Gasteiger partial charge in [0.2, 0.25) is 0 Å². The van der Waals surface area contributed by atoms with Crippen LogP contribution < -0.4 is 10.3 Å². The molecule has 2 N–H and O–H groups in total. The number of aromatic amines is 1. The van der Waals surface area contributed by atoms with Crippen molar-refractivity contribution in [3.63, 3.8) is 0 Å². The van der Waals surface area contributed by atoms with Crippen LogP contribution in [-0.2, 0) is 11.3 Å². The number of carbonyl (C=O) groups excluding carboxylic acids is 1.